The van der Waals surface area contributed by atoms with Gasteiger partial charge in [0.15, 0.2) is 0 Å². The number of aromatic nitrogens is 2. The van der Waals surface area contributed by atoms with Gasteiger partial charge >= 0.3 is 0 Å². The molecule has 4 heteroatoms. The SMILES string of the molecule is Cc1cc2ncn(CCOc3ccccc3Cl)c2cc1C. The summed E-state index contributed by atoms with van der Waals surface area (Å²) in [6.45, 7) is 5.52. The number of nitrogens with zero attached hydrogens (tertiary/aromatic N) is 2. The third-order valence-corrected chi connectivity index (χ3v) is 3.98. The molecule has 3 aromatic rings. The van der Waals surface area contributed by atoms with Gasteiger partial charge in [-0.15, -0.1) is 0 Å². The van der Waals surface area contributed by atoms with Gasteiger partial charge in [0, 0.05) is 0 Å². The summed E-state index contributed by atoms with van der Waals surface area (Å²) in [6.07, 6.45) is 1.86. The lowest BCUT2D eigenvalue weighted by Crippen LogP contribution is -2.07. The van der Waals surface area contributed by atoms with E-state index < -0.39 is 0 Å². The summed E-state index contributed by atoms with van der Waals surface area (Å²) < 4.78 is 7.84. The highest BCUT2D eigenvalue weighted by Gasteiger charge is 2.05. The van der Waals surface area contributed by atoms with E-state index in [-0.39, 0.29) is 0 Å². The number of benzene rings is 2. The summed E-state index contributed by atoms with van der Waals surface area (Å²) in [5.41, 5.74) is 4.70. The topological polar surface area (TPSA) is 27.1 Å². The number of rotatable bonds is 4. The molecule has 0 spiro atoms. The maximum Gasteiger partial charge on any atom is 0.137 e. The minimum Gasteiger partial charge on any atom is -0.490 e. The minimum atomic E-state index is 0.558. The number of para-hydroxylation sites is 1. The van der Waals surface area contributed by atoms with Gasteiger partial charge in [-0.3, -0.25) is 0 Å². The first-order valence-electron chi connectivity index (χ1n) is 6.94. The maximum atomic E-state index is 6.07. The molecule has 0 radical (unpaired) electrons. The normalized spacial score (nSPS) is 11.0. The van der Waals surface area contributed by atoms with Crippen LogP contribution in [0.1, 0.15) is 11.1 Å². The molecule has 0 bridgehead atoms. The second-order valence-corrected chi connectivity index (χ2v) is 5.55. The van der Waals surface area contributed by atoms with Crippen molar-refractivity contribution < 1.29 is 4.74 Å². The molecule has 0 fully saturated rings. The minimum absolute atomic E-state index is 0.558. The number of halogens is 1. The Hall–Kier alpha value is -2.00. The van der Waals surface area contributed by atoms with Crippen LogP contribution in [0.3, 0.4) is 0 Å². The first-order valence-corrected chi connectivity index (χ1v) is 7.32. The molecule has 0 saturated carbocycles. The van der Waals surface area contributed by atoms with Crippen molar-refractivity contribution in [1.82, 2.24) is 9.55 Å². The van der Waals surface area contributed by atoms with Crippen molar-refractivity contribution in [1.29, 1.82) is 0 Å². The van der Waals surface area contributed by atoms with E-state index >= 15 is 0 Å². The maximum absolute atomic E-state index is 6.07. The zero-order chi connectivity index (χ0) is 14.8. The number of hydrogen-bond donors (Lipinski definition) is 0. The van der Waals surface area contributed by atoms with Gasteiger partial charge in [0.2, 0.25) is 0 Å². The summed E-state index contributed by atoms with van der Waals surface area (Å²) in [4.78, 5) is 4.45. The second kappa shape index (κ2) is 5.78. The van der Waals surface area contributed by atoms with Crippen molar-refractivity contribution in [3.8, 4) is 5.75 Å². The molecule has 1 aromatic heterocycles. The zero-order valence-corrected chi connectivity index (χ0v) is 12.9. The molecule has 21 heavy (non-hydrogen) atoms. The second-order valence-electron chi connectivity index (χ2n) is 5.14. The number of hydrogen-bond acceptors (Lipinski definition) is 2. The van der Waals surface area contributed by atoms with Crippen molar-refractivity contribution >= 4 is 22.6 Å². The molecule has 1 heterocycles. The van der Waals surface area contributed by atoms with Crippen LogP contribution in [0.5, 0.6) is 5.75 Å². The van der Waals surface area contributed by atoms with Crippen LogP contribution in [0.15, 0.2) is 42.7 Å². The molecule has 0 saturated heterocycles. The van der Waals surface area contributed by atoms with Gasteiger partial charge in [0.1, 0.15) is 12.4 Å². The molecule has 0 N–H and O–H groups in total. The number of aryl methyl sites for hydroxylation is 2. The molecule has 0 aliphatic heterocycles. The Bertz CT molecular complexity index is 780. The smallest absolute Gasteiger partial charge is 0.137 e. The zero-order valence-electron chi connectivity index (χ0n) is 12.1. The quantitative estimate of drug-likeness (QED) is 0.714. The molecular formula is C17H17ClN2O. The highest BCUT2D eigenvalue weighted by Crippen LogP contribution is 2.23. The predicted molar refractivity (Wildman–Crippen MR) is 86.2 cm³/mol. The van der Waals surface area contributed by atoms with Gasteiger partial charge in [-0.2, -0.15) is 0 Å². The van der Waals surface area contributed by atoms with Crippen LogP contribution in [-0.2, 0) is 6.54 Å². The molecule has 3 nitrogen and oxygen atoms in total. The molecule has 2 aromatic carbocycles. The predicted octanol–water partition coefficient (Wildman–Crippen LogP) is 4.39. The van der Waals surface area contributed by atoms with Crippen molar-refractivity contribution in [2.75, 3.05) is 6.61 Å². The number of fused-ring (bicyclic) bond motifs is 1. The summed E-state index contributed by atoms with van der Waals surface area (Å²) >= 11 is 6.07. The van der Waals surface area contributed by atoms with Crippen LogP contribution in [0.2, 0.25) is 5.02 Å². The Kier molecular flexibility index (Phi) is 3.84. The van der Waals surface area contributed by atoms with Gasteiger partial charge in [-0.25, -0.2) is 4.98 Å². The van der Waals surface area contributed by atoms with Crippen molar-refractivity contribution in [3.63, 3.8) is 0 Å². The average molecular weight is 301 g/mol. The monoisotopic (exact) mass is 300 g/mol. The van der Waals surface area contributed by atoms with E-state index in [2.05, 4.69) is 35.5 Å². The first kappa shape index (κ1) is 14.0. The summed E-state index contributed by atoms with van der Waals surface area (Å²) in [6, 6.07) is 11.8. The summed E-state index contributed by atoms with van der Waals surface area (Å²) in [5.74, 6) is 0.718. The van der Waals surface area contributed by atoms with E-state index in [9.17, 15) is 0 Å². The molecule has 108 valence electrons. The van der Waals surface area contributed by atoms with Crippen LogP contribution in [0, 0.1) is 13.8 Å². The van der Waals surface area contributed by atoms with Gasteiger partial charge < -0.3 is 9.30 Å². The Labute approximate surface area is 129 Å². The molecule has 0 aliphatic carbocycles. The largest absolute Gasteiger partial charge is 0.490 e. The third-order valence-electron chi connectivity index (χ3n) is 3.66. The first-order chi connectivity index (χ1) is 10.1. The average Bonchev–Trinajstić information content (AvgIpc) is 2.84. The van der Waals surface area contributed by atoms with E-state index in [1.54, 1.807) is 0 Å². The van der Waals surface area contributed by atoms with Crippen LogP contribution >= 0.6 is 11.6 Å². The van der Waals surface area contributed by atoms with Crippen LogP contribution < -0.4 is 4.74 Å². The standard InChI is InChI=1S/C17H17ClN2O/c1-12-9-15-16(10-13(12)2)20(11-19-15)7-8-21-17-6-4-3-5-14(17)18/h3-6,9-11H,7-8H2,1-2H3. The van der Waals surface area contributed by atoms with Gasteiger partial charge in [-0.1, -0.05) is 23.7 Å². The van der Waals surface area contributed by atoms with E-state index in [0.717, 1.165) is 23.3 Å². The molecule has 0 aliphatic rings. The van der Waals surface area contributed by atoms with Crippen LogP contribution in [0.4, 0.5) is 0 Å². The van der Waals surface area contributed by atoms with Crippen molar-refractivity contribution in [3.05, 3.63) is 58.9 Å². The molecule has 3 rings (SSSR count). The van der Waals surface area contributed by atoms with Crippen molar-refractivity contribution in [2.45, 2.75) is 20.4 Å². The molecule has 0 amide bonds. The highest BCUT2D eigenvalue weighted by atomic mass is 35.5. The van der Waals surface area contributed by atoms with Crippen LogP contribution in [0.25, 0.3) is 11.0 Å². The lowest BCUT2D eigenvalue weighted by molar-refractivity contribution is 0.300. The highest BCUT2D eigenvalue weighted by molar-refractivity contribution is 6.32. The Morgan fingerprint density at radius 1 is 1.14 bits per heavy atom. The summed E-state index contributed by atoms with van der Waals surface area (Å²) in [7, 11) is 0. The van der Waals surface area contributed by atoms with E-state index in [0.29, 0.717) is 11.6 Å². The van der Waals surface area contributed by atoms with E-state index in [4.69, 9.17) is 16.3 Å². The van der Waals surface area contributed by atoms with E-state index in [1.165, 1.54) is 11.1 Å². The molecular weight excluding hydrogens is 284 g/mol. The Balaban J connectivity index is 1.74. The molecule has 0 atom stereocenters. The fraction of sp³-hybridized carbons (Fsp3) is 0.235. The van der Waals surface area contributed by atoms with Gasteiger partial charge in [0.05, 0.1) is 28.9 Å². The van der Waals surface area contributed by atoms with Crippen molar-refractivity contribution in [2.24, 2.45) is 0 Å². The van der Waals surface area contributed by atoms with Gasteiger partial charge in [-0.05, 0) is 49.2 Å². The Morgan fingerprint density at radius 3 is 2.71 bits per heavy atom. The Morgan fingerprint density at radius 2 is 1.90 bits per heavy atom. The lowest BCUT2D eigenvalue weighted by atomic mass is 10.1. The lowest BCUT2D eigenvalue weighted by Gasteiger charge is -2.09. The molecule has 0 unspecified atom stereocenters. The summed E-state index contributed by atoms with van der Waals surface area (Å²) in [5, 5.41) is 0.638. The number of imidazole rings is 1. The van der Waals surface area contributed by atoms with Gasteiger partial charge in [0.25, 0.3) is 0 Å². The van der Waals surface area contributed by atoms with E-state index in [1.807, 2.05) is 30.6 Å². The number of ether oxygens (including phenoxy) is 1. The third kappa shape index (κ3) is 2.88. The fourth-order valence-corrected chi connectivity index (χ4v) is 2.50. The van der Waals surface area contributed by atoms with Crippen LogP contribution in [-0.4, -0.2) is 16.2 Å². The fourth-order valence-electron chi connectivity index (χ4n) is 2.31.